The summed E-state index contributed by atoms with van der Waals surface area (Å²) in [7, 11) is 0. The molecule has 0 aliphatic carbocycles. The molecule has 8 heavy (non-hydrogen) atoms. The summed E-state index contributed by atoms with van der Waals surface area (Å²) >= 11 is 0. The fourth-order valence-electron chi connectivity index (χ4n) is 0.604. The zero-order chi connectivity index (χ0) is 5.54. The van der Waals surface area contributed by atoms with Crippen molar-refractivity contribution in [3.05, 3.63) is 6.92 Å². The van der Waals surface area contributed by atoms with Gasteiger partial charge in [-0.15, -0.1) is 0 Å². The van der Waals surface area contributed by atoms with Crippen molar-refractivity contribution in [1.82, 2.24) is 0 Å². The Balaban J connectivity index is 0. The van der Waals surface area contributed by atoms with E-state index in [0.29, 0.717) is 0 Å². The van der Waals surface area contributed by atoms with Crippen molar-refractivity contribution in [2.24, 2.45) is 0 Å². The molecule has 0 saturated carbocycles. The second-order valence-corrected chi connectivity index (χ2v) is 1.91. The van der Waals surface area contributed by atoms with Gasteiger partial charge in [0, 0.05) is 0 Å². The molecule has 0 rings (SSSR count). The maximum atomic E-state index is 3.76. The fourth-order valence-corrected chi connectivity index (χ4v) is 0.604. The molecule has 0 amide bonds. The normalized spacial score (nSPS) is 8.25. The third-order valence-electron chi connectivity index (χ3n) is 1.10. The van der Waals surface area contributed by atoms with Crippen molar-refractivity contribution < 1.29 is 22.4 Å². The number of hydrogen-bond acceptors (Lipinski definition) is 0. The van der Waals surface area contributed by atoms with E-state index in [1.165, 1.54) is 25.7 Å². The summed E-state index contributed by atoms with van der Waals surface area (Å²) in [6.07, 6.45) is 6.52. The first-order chi connectivity index (χ1) is 3.41. The summed E-state index contributed by atoms with van der Waals surface area (Å²) in [5.74, 6) is 0. The molecule has 0 fully saturated rings. The number of rotatable bonds is 4. The fraction of sp³-hybridized carbons (Fsp3) is 0.857. The molecule has 0 aromatic heterocycles. The van der Waals surface area contributed by atoms with Gasteiger partial charge in [-0.1, -0.05) is 32.6 Å². The van der Waals surface area contributed by atoms with Crippen LogP contribution in [-0.2, 0) is 22.4 Å². The second-order valence-electron chi connectivity index (χ2n) is 1.91. The molecule has 0 N–H and O–H groups in total. The third kappa shape index (κ3) is 9.88. The summed E-state index contributed by atoms with van der Waals surface area (Å²) in [5.41, 5.74) is 0. The van der Waals surface area contributed by atoms with Gasteiger partial charge in [-0.2, -0.15) is 6.42 Å². The second kappa shape index (κ2) is 10.7. The van der Waals surface area contributed by atoms with Crippen LogP contribution in [0, 0.1) is 6.92 Å². The molecule has 0 aliphatic rings. The molecule has 0 radical (unpaired) electrons. The largest absolute Gasteiger partial charge is 1.00 e. The maximum Gasteiger partial charge on any atom is 1.00 e. The molecule has 0 aromatic rings. The molecule has 0 aliphatic heterocycles. The molecule has 0 heterocycles. The van der Waals surface area contributed by atoms with Crippen LogP contribution in [0.3, 0.4) is 0 Å². The van der Waals surface area contributed by atoms with Gasteiger partial charge in [0.2, 0.25) is 0 Å². The summed E-state index contributed by atoms with van der Waals surface area (Å²) in [4.78, 5) is 0. The molecule has 0 nitrogen and oxygen atoms in total. The number of unbranched alkanes of at least 4 members (excludes halogenated alkanes) is 4. The minimum atomic E-state index is 0. The van der Waals surface area contributed by atoms with E-state index in [4.69, 9.17) is 0 Å². The average molecular weight is 207 g/mol. The van der Waals surface area contributed by atoms with Gasteiger partial charge in [0.15, 0.2) is 0 Å². The van der Waals surface area contributed by atoms with E-state index < -0.39 is 0 Å². The van der Waals surface area contributed by atoms with Crippen LogP contribution in [0.15, 0.2) is 0 Å². The van der Waals surface area contributed by atoms with E-state index in [1.807, 2.05) is 0 Å². The first-order valence-corrected chi connectivity index (χ1v) is 3.21. The quantitative estimate of drug-likeness (QED) is 0.377. The Morgan fingerprint density at radius 1 is 1.12 bits per heavy atom. The molecule has 0 saturated heterocycles. The average Bonchev–Trinajstić information content (AvgIpc) is 1.69. The van der Waals surface area contributed by atoms with Gasteiger partial charge in [-0.25, -0.2) is 0 Å². The van der Waals surface area contributed by atoms with Crippen molar-refractivity contribution in [3.63, 3.8) is 0 Å². The Morgan fingerprint density at radius 2 is 1.75 bits per heavy atom. The maximum absolute atomic E-state index is 3.76. The van der Waals surface area contributed by atoms with Gasteiger partial charge < -0.3 is 6.92 Å². The monoisotopic (exact) mass is 206 g/mol. The Hall–Kier alpha value is 0.740. The van der Waals surface area contributed by atoms with Crippen LogP contribution in [0.2, 0.25) is 0 Å². The smallest absolute Gasteiger partial charge is 0.343 e. The van der Waals surface area contributed by atoms with Crippen LogP contribution in [0.5, 0.6) is 0 Å². The van der Waals surface area contributed by atoms with E-state index >= 15 is 0 Å². The molecule has 54 valence electrons. The van der Waals surface area contributed by atoms with Crippen LogP contribution in [-0.4, -0.2) is 0 Å². The van der Waals surface area contributed by atoms with Crippen LogP contribution < -0.4 is 0 Å². The molecule has 0 bridgehead atoms. The van der Waals surface area contributed by atoms with Crippen LogP contribution >= 0.6 is 0 Å². The molecule has 1 heteroatoms. The Morgan fingerprint density at radius 3 is 2.12 bits per heavy atom. The van der Waals surface area contributed by atoms with E-state index in [1.54, 1.807) is 0 Å². The minimum absolute atomic E-state index is 0. The third-order valence-corrected chi connectivity index (χ3v) is 1.10. The summed E-state index contributed by atoms with van der Waals surface area (Å²) in [6, 6.07) is 0. The van der Waals surface area contributed by atoms with Crippen molar-refractivity contribution in [1.29, 1.82) is 0 Å². The van der Waals surface area contributed by atoms with Crippen molar-refractivity contribution in [2.75, 3.05) is 0 Å². The molecular weight excluding hydrogens is 192 g/mol. The molecular formula is C7H15Ag. The summed E-state index contributed by atoms with van der Waals surface area (Å²) in [6.45, 7) is 5.98. The van der Waals surface area contributed by atoms with Crippen molar-refractivity contribution in [2.45, 2.75) is 39.0 Å². The zero-order valence-corrected chi connectivity index (χ0v) is 7.03. The predicted molar refractivity (Wildman–Crippen MR) is 34.1 cm³/mol. The van der Waals surface area contributed by atoms with Gasteiger partial charge >= 0.3 is 22.4 Å². The summed E-state index contributed by atoms with van der Waals surface area (Å²) < 4.78 is 0. The van der Waals surface area contributed by atoms with Gasteiger partial charge in [0.1, 0.15) is 0 Å². The minimum Gasteiger partial charge on any atom is -0.343 e. The Bertz CT molecular complexity index is 23.6. The first kappa shape index (κ1) is 11.5. The van der Waals surface area contributed by atoms with E-state index in [0.717, 1.165) is 6.42 Å². The van der Waals surface area contributed by atoms with E-state index in [9.17, 15) is 0 Å². The predicted octanol–water partition coefficient (Wildman–Crippen LogP) is 2.79. The van der Waals surface area contributed by atoms with E-state index in [-0.39, 0.29) is 22.4 Å². The molecule has 0 aromatic carbocycles. The summed E-state index contributed by atoms with van der Waals surface area (Å²) in [5, 5.41) is 0. The van der Waals surface area contributed by atoms with Gasteiger partial charge in [-0.3, -0.25) is 0 Å². The topological polar surface area (TPSA) is 0 Å². The van der Waals surface area contributed by atoms with Crippen molar-refractivity contribution in [3.8, 4) is 0 Å². The Labute approximate surface area is 68.6 Å². The number of hydrogen-bond donors (Lipinski definition) is 0. The zero-order valence-electron chi connectivity index (χ0n) is 5.54. The van der Waals surface area contributed by atoms with Gasteiger partial charge in [0.05, 0.1) is 0 Å². The van der Waals surface area contributed by atoms with Gasteiger partial charge in [-0.05, 0) is 0 Å². The SMILES string of the molecule is [Ag+].[CH2-]CCCCCC. The van der Waals surface area contributed by atoms with Crippen LogP contribution in [0.25, 0.3) is 0 Å². The molecule has 0 unspecified atom stereocenters. The Kier molecular flexibility index (Phi) is 15.4. The standard InChI is InChI=1S/C7H15.Ag/c1-3-5-7-6-4-2;/h1,3-7H2,2H3;/q-1;+1. The molecule has 0 atom stereocenters. The van der Waals surface area contributed by atoms with Crippen LogP contribution in [0.1, 0.15) is 39.0 Å². The first-order valence-electron chi connectivity index (χ1n) is 3.21. The van der Waals surface area contributed by atoms with E-state index in [2.05, 4.69) is 13.8 Å². The van der Waals surface area contributed by atoms with Crippen molar-refractivity contribution >= 4 is 0 Å². The van der Waals surface area contributed by atoms with Crippen LogP contribution in [0.4, 0.5) is 0 Å². The van der Waals surface area contributed by atoms with Gasteiger partial charge in [0.25, 0.3) is 0 Å². The molecule has 0 spiro atoms.